The maximum absolute atomic E-state index is 12.3. The monoisotopic (exact) mass is 382 g/mol. The van der Waals surface area contributed by atoms with Gasteiger partial charge in [-0.1, -0.05) is 18.2 Å². The van der Waals surface area contributed by atoms with Crippen LogP contribution in [-0.4, -0.2) is 46.8 Å². The molecule has 1 aromatic carbocycles. The third-order valence-corrected chi connectivity index (χ3v) is 5.15. The number of amides is 1. The number of benzene rings is 1. The Hall–Kier alpha value is -3.18. The number of hydrogen-bond donors (Lipinski definition) is 0. The number of hydrogen-bond acceptors (Lipinski definition) is 6. The van der Waals surface area contributed by atoms with Crippen LogP contribution in [0.5, 0.6) is 0 Å². The fourth-order valence-corrected chi connectivity index (χ4v) is 3.62. The summed E-state index contributed by atoms with van der Waals surface area (Å²) in [6.45, 7) is 1.85. The average molecular weight is 382 g/mol. The first-order chi connectivity index (χ1) is 13.0. The standard InChI is InChI=1S/C19H18N4O3S/c1-13-15-11-16(19(25)26-12-17(24)22(2)10-6-9-20)27-18(15)23(21-13)14-7-4-3-5-8-14/h3-5,7-8,11H,6,10,12H2,1-2H3. The smallest absolute Gasteiger partial charge is 0.348 e. The molecule has 27 heavy (non-hydrogen) atoms. The van der Waals surface area contributed by atoms with Gasteiger partial charge in [-0.2, -0.15) is 10.4 Å². The fourth-order valence-electron chi connectivity index (χ4n) is 2.54. The molecule has 0 aliphatic carbocycles. The van der Waals surface area contributed by atoms with Gasteiger partial charge in [0.05, 0.1) is 23.9 Å². The lowest BCUT2D eigenvalue weighted by Crippen LogP contribution is -2.31. The molecule has 7 nitrogen and oxygen atoms in total. The molecular formula is C19H18N4O3S. The molecule has 3 aromatic rings. The second-order valence-electron chi connectivity index (χ2n) is 5.96. The van der Waals surface area contributed by atoms with Crippen molar-refractivity contribution in [2.24, 2.45) is 0 Å². The fraction of sp³-hybridized carbons (Fsp3) is 0.263. The Morgan fingerprint density at radius 2 is 2.07 bits per heavy atom. The first-order valence-corrected chi connectivity index (χ1v) is 9.15. The van der Waals surface area contributed by atoms with Gasteiger partial charge in [0.25, 0.3) is 5.91 Å². The van der Waals surface area contributed by atoms with E-state index >= 15 is 0 Å². The summed E-state index contributed by atoms with van der Waals surface area (Å²) in [6.07, 6.45) is 0.238. The number of carbonyl (C=O) groups excluding carboxylic acids is 2. The van der Waals surface area contributed by atoms with Gasteiger partial charge in [0.15, 0.2) is 6.61 Å². The van der Waals surface area contributed by atoms with E-state index in [-0.39, 0.29) is 18.9 Å². The normalized spacial score (nSPS) is 10.6. The van der Waals surface area contributed by atoms with E-state index in [1.165, 1.54) is 16.2 Å². The van der Waals surface area contributed by atoms with Gasteiger partial charge in [-0.15, -0.1) is 11.3 Å². The van der Waals surface area contributed by atoms with Gasteiger partial charge in [-0.3, -0.25) is 4.79 Å². The van der Waals surface area contributed by atoms with Crippen LogP contribution >= 0.6 is 11.3 Å². The van der Waals surface area contributed by atoms with Crippen molar-refractivity contribution < 1.29 is 14.3 Å². The summed E-state index contributed by atoms with van der Waals surface area (Å²) in [7, 11) is 1.57. The van der Waals surface area contributed by atoms with Crippen molar-refractivity contribution in [2.75, 3.05) is 20.2 Å². The van der Waals surface area contributed by atoms with Gasteiger partial charge in [0.1, 0.15) is 9.71 Å². The number of aromatic nitrogens is 2. The molecule has 8 heteroatoms. The summed E-state index contributed by atoms with van der Waals surface area (Å²) in [5, 5.41) is 14.0. The highest BCUT2D eigenvalue weighted by atomic mass is 32.1. The van der Waals surface area contributed by atoms with Crippen LogP contribution in [0.2, 0.25) is 0 Å². The molecule has 0 spiro atoms. The van der Waals surface area contributed by atoms with Gasteiger partial charge in [0.2, 0.25) is 0 Å². The van der Waals surface area contributed by atoms with Crippen LogP contribution in [0.15, 0.2) is 36.4 Å². The quantitative estimate of drug-likeness (QED) is 0.612. The molecule has 0 atom stereocenters. The molecule has 0 bridgehead atoms. The molecule has 0 unspecified atom stereocenters. The number of nitriles is 1. The highest BCUT2D eigenvalue weighted by molar-refractivity contribution is 7.20. The molecule has 138 valence electrons. The van der Waals surface area contributed by atoms with Gasteiger partial charge in [-0.05, 0) is 25.1 Å². The van der Waals surface area contributed by atoms with E-state index in [0.717, 1.165) is 21.6 Å². The van der Waals surface area contributed by atoms with Crippen molar-refractivity contribution >= 4 is 33.4 Å². The molecule has 3 rings (SSSR count). The molecule has 0 saturated carbocycles. The van der Waals surface area contributed by atoms with Gasteiger partial charge in [-0.25, -0.2) is 9.48 Å². The summed E-state index contributed by atoms with van der Waals surface area (Å²) in [4.78, 5) is 26.9. The van der Waals surface area contributed by atoms with Crippen molar-refractivity contribution in [3.8, 4) is 11.8 Å². The maximum atomic E-state index is 12.3. The van der Waals surface area contributed by atoms with Crippen LogP contribution in [0.4, 0.5) is 0 Å². The summed E-state index contributed by atoms with van der Waals surface area (Å²) >= 11 is 1.28. The average Bonchev–Trinajstić information content (AvgIpc) is 3.25. The minimum absolute atomic E-state index is 0.238. The number of aryl methyl sites for hydroxylation is 1. The topological polar surface area (TPSA) is 88.2 Å². The zero-order valence-electron chi connectivity index (χ0n) is 15.0. The minimum atomic E-state index is -0.544. The molecule has 0 N–H and O–H groups in total. The highest BCUT2D eigenvalue weighted by Gasteiger charge is 2.19. The molecule has 2 aromatic heterocycles. The molecule has 0 aliphatic heterocycles. The van der Waals surface area contributed by atoms with Crippen molar-refractivity contribution in [3.05, 3.63) is 47.0 Å². The Balaban J connectivity index is 1.75. The number of thiophene rings is 1. The third kappa shape index (κ3) is 3.99. The Bertz CT molecular complexity index is 1020. The molecule has 0 radical (unpaired) electrons. The third-order valence-electron chi connectivity index (χ3n) is 4.06. The van der Waals surface area contributed by atoms with Gasteiger partial charge >= 0.3 is 5.97 Å². The maximum Gasteiger partial charge on any atom is 0.348 e. The predicted octanol–water partition coefficient (Wildman–Crippen LogP) is 2.92. The van der Waals surface area contributed by atoms with Gasteiger partial charge < -0.3 is 9.64 Å². The number of rotatable bonds is 6. The zero-order valence-corrected chi connectivity index (χ0v) is 15.8. The Labute approximate surface area is 160 Å². The number of para-hydroxylation sites is 1. The Kier molecular flexibility index (Phi) is 5.52. The Morgan fingerprint density at radius 1 is 1.33 bits per heavy atom. The summed E-state index contributed by atoms with van der Waals surface area (Å²) < 4.78 is 6.94. The SMILES string of the molecule is Cc1nn(-c2ccccc2)c2sc(C(=O)OCC(=O)N(C)CCC#N)cc12. The van der Waals surface area contributed by atoms with Crippen molar-refractivity contribution in [1.29, 1.82) is 5.26 Å². The van der Waals surface area contributed by atoms with Crippen molar-refractivity contribution in [1.82, 2.24) is 14.7 Å². The van der Waals surface area contributed by atoms with Crippen LogP contribution < -0.4 is 0 Å². The second kappa shape index (κ2) is 8.01. The van der Waals surface area contributed by atoms with Gasteiger partial charge in [0, 0.05) is 19.0 Å². The molecule has 0 aliphatic rings. The molecule has 0 fully saturated rings. The number of likely N-dealkylation sites (N-methyl/N-ethyl adjacent to an activating group) is 1. The van der Waals surface area contributed by atoms with E-state index in [2.05, 4.69) is 5.10 Å². The minimum Gasteiger partial charge on any atom is -0.451 e. The number of fused-ring (bicyclic) bond motifs is 1. The van der Waals surface area contributed by atoms with E-state index < -0.39 is 5.97 Å². The second-order valence-corrected chi connectivity index (χ2v) is 6.99. The largest absolute Gasteiger partial charge is 0.451 e. The summed E-state index contributed by atoms with van der Waals surface area (Å²) in [5.41, 5.74) is 1.73. The van der Waals surface area contributed by atoms with E-state index in [9.17, 15) is 9.59 Å². The zero-order chi connectivity index (χ0) is 19.4. The van der Waals surface area contributed by atoms with Crippen LogP contribution in [0.3, 0.4) is 0 Å². The van der Waals surface area contributed by atoms with E-state index in [4.69, 9.17) is 10.00 Å². The molecule has 2 heterocycles. The highest BCUT2D eigenvalue weighted by Crippen LogP contribution is 2.30. The Morgan fingerprint density at radius 3 is 2.78 bits per heavy atom. The van der Waals surface area contributed by atoms with E-state index in [1.807, 2.05) is 43.3 Å². The van der Waals surface area contributed by atoms with Crippen LogP contribution in [0.1, 0.15) is 21.8 Å². The van der Waals surface area contributed by atoms with Crippen molar-refractivity contribution in [2.45, 2.75) is 13.3 Å². The number of nitrogens with zero attached hydrogens (tertiary/aromatic N) is 4. The first-order valence-electron chi connectivity index (χ1n) is 8.34. The number of carbonyl (C=O) groups is 2. The van der Waals surface area contributed by atoms with Crippen LogP contribution in [0.25, 0.3) is 15.9 Å². The molecular weight excluding hydrogens is 364 g/mol. The first kappa shape index (κ1) is 18.6. The molecule has 1 amide bonds. The van der Waals surface area contributed by atoms with E-state index in [0.29, 0.717) is 11.4 Å². The number of esters is 1. The lowest BCUT2D eigenvalue weighted by molar-refractivity contribution is -0.133. The van der Waals surface area contributed by atoms with Crippen molar-refractivity contribution in [3.63, 3.8) is 0 Å². The lowest BCUT2D eigenvalue weighted by Gasteiger charge is -2.14. The lowest BCUT2D eigenvalue weighted by atomic mass is 10.3. The summed E-state index contributed by atoms with van der Waals surface area (Å²) in [5.74, 6) is -0.886. The molecule has 0 saturated heterocycles. The predicted molar refractivity (Wildman–Crippen MR) is 102 cm³/mol. The summed E-state index contributed by atoms with van der Waals surface area (Å²) in [6, 6.07) is 13.4. The number of ether oxygens (including phenoxy) is 1. The van der Waals surface area contributed by atoms with Crippen LogP contribution in [0, 0.1) is 18.3 Å². The van der Waals surface area contributed by atoms with Crippen LogP contribution in [-0.2, 0) is 9.53 Å². The van der Waals surface area contributed by atoms with E-state index in [1.54, 1.807) is 17.8 Å².